The van der Waals surface area contributed by atoms with Gasteiger partial charge in [0.15, 0.2) is 5.75 Å². The highest BCUT2D eigenvalue weighted by molar-refractivity contribution is 8.72. The van der Waals surface area contributed by atoms with Crippen LogP contribution in [0, 0.1) is 0 Å². The van der Waals surface area contributed by atoms with Gasteiger partial charge in [-0.05, 0) is 6.42 Å². The molecule has 0 saturated carbocycles. The third-order valence-corrected chi connectivity index (χ3v) is 4.25. The summed E-state index contributed by atoms with van der Waals surface area (Å²) in [7, 11) is 3.75. The van der Waals surface area contributed by atoms with Crippen LogP contribution in [0.2, 0.25) is 0 Å². The van der Waals surface area contributed by atoms with Gasteiger partial charge in [0, 0.05) is 6.26 Å². The van der Waals surface area contributed by atoms with Gasteiger partial charge in [-0.25, -0.2) is 0 Å². The van der Waals surface area contributed by atoms with Crippen LogP contribution in [0.1, 0.15) is 13.3 Å². The van der Waals surface area contributed by atoms with E-state index >= 15 is 0 Å². The summed E-state index contributed by atoms with van der Waals surface area (Å²) in [5.41, 5.74) is 0. The quantitative estimate of drug-likeness (QED) is 0.450. The number of hydrogen-bond acceptors (Lipinski definition) is 2. The van der Waals surface area contributed by atoms with Crippen molar-refractivity contribution in [3.63, 3.8) is 0 Å². The Morgan fingerprint density at radius 1 is 1.62 bits per heavy atom. The molecule has 0 radical (unpaired) electrons. The van der Waals surface area contributed by atoms with Crippen LogP contribution >= 0.6 is 10.8 Å². The highest BCUT2D eigenvalue weighted by Crippen LogP contribution is 2.13. The van der Waals surface area contributed by atoms with Gasteiger partial charge >= 0.3 is 0 Å². The smallest absolute Gasteiger partial charge is 0.163 e. The molecule has 0 saturated heterocycles. The summed E-state index contributed by atoms with van der Waals surface area (Å²) >= 11 is 0. The van der Waals surface area contributed by atoms with Crippen molar-refractivity contribution in [1.29, 1.82) is 0 Å². The topological polar surface area (TPSA) is 9.23 Å². The first-order valence-corrected chi connectivity index (χ1v) is 5.71. The highest BCUT2D eigenvalue weighted by atomic mass is 33.1. The third kappa shape index (κ3) is 3.64. The van der Waals surface area contributed by atoms with Gasteiger partial charge in [-0.2, -0.15) is 4.18 Å². The van der Waals surface area contributed by atoms with E-state index in [0.717, 1.165) is 0 Å². The molecule has 0 heterocycles. The monoisotopic (exact) mass is 153 g/mol. The van der Waals surface area contributed by atoms with E-state index < -0.39 is 0 Å². The molecule has 3 heteroatoms. The van der Waals surface area contributed by atoms with E-state index in [1.165, 1.54) is 12.2 Å². The summed E-state index contributed by atoms with van der Waals surface area (Å²) in [6.45, 7) is 2.18. The maximum atomic E-state index is 5.13. The van der Waals surface area contributed by atoms with Crippen LogP contribution in [0.3, 0.4) is 0 Å². The summed E-state index contributed by atoms with van der Waals surface area (Å²) in [5.74, 6) is 1.19. The molecule has 50 valence electrons. The molecule has 1 nitrogen and oxygen atoms in total. The van der Waals surface area contributed by atoms with Gasteiger partial charge in [0.2, 0.25) is 10.2 Å². The van der Waals surface area contributed by atoms with E-state index in [4.69, 9.17) is 4.18 Å². The fourth-order valence-corrected chi connectivity index (χ4v) is 2.61. The molecule has 0 aromatic carbocycles. The lowest BCUT2D eigenvalue weighted by Crippen LogP contribution is -2.01. The van der Waals surface area contributed by atoms with Crippen molar-refractivity contribution in [2.75, 3.05) is 19.1 Å². The minimum absolute atomic E-state index is 0.178. The predicted octanol–water partition coefficient (Wildman–Crippen LogP) is 1.85. The van der Waals surface area contributed by atoms with Crippen LogP contribution in [0.5, 0.6) is 0 Å². The van der Waals surface area contributed by atoms with Crippen LogP contribution in [0.4, 0.5) is 0 Å². The molecular formula is C5H13OS2+. The Kier molecular flexibility index (Phi) is 6.27. The Labute approximate surface area is 58.1 Å². The summed E-state index contributed by atoms with van der Waals surface area (Å²) in [5, 5.41) is 0. The van der Waals surface area contributed by atoms with Crippen LogP contribution in [-0.4, -0.2) is 19.1 Å². The van der Waals surface area contributed by atoms with Gasteiger partial charge < -0.3 is 0 Å². The SMILES string of the molecule is CCC[S+](OC)SC. The van der Waals surface area contributed by atoms with E-state index in [0.29, 0.717) is 0 Å². The largest absolute Gasteiger partial charge is 0.216 e. The standard InChI is InChI=1S/C5H13OS2/c1-4-5-8(6-2)7-3/h4-5H2,1-3H3/q+1. The lowest BCUT2D eigenvalue weighted by atomic mass is 10.6. The Bertz CT molecular complexity index is 45.7. The molecule has 0 aliphatic rings. The zero-order valence-electron chi connectivity index (χ0n) is 5.64. The molecule has 0 aliphatic heterocycles. The molecule has 0 N–H and O–H groups in total. The normalized spacial score (nSPS) is 13.9. The van der Waals surface area contributed by atoms with E-state index in [9.17, 15) is 0 Å². The average Bonchev–Trinajstić information content (AvgIpc) is 1.83. The minimum atomic E-state index is 0.178. The zero-order valence-corrected chi connectivity index (χ0v) is 7.27. The maximum absolute atomic E-state index is 5.13. The van der Waals surface area contributed by atoms with Gasteiger partial charge in [0.1, 0.15) is 10.8 Å². The van der Waals surface area contributed by atoms with Crippen LogP contribution in [0.25, 0.3) is 0 Å². The molecule has 0 bridgehead atoms. The number of rotatable bonds is 4. The van der Waals surface area contributed by atoms with Crippen molar-refractivity contribution in [2.45, 2.75) is 13.3 Å². The van der Waals surface area contributed by atoms with E-state index in [-0.39, 0.29) is 10.2 Å². The van der Waals surface area contributed by atoms with Crippen molar-refractivity contribution in [3.8, 4) is 0 Å². The van der Waals surface area contributed by atoms with Gasteiger partial charge in [0.25, 0.3) is 0 Å². The lowest BCUT2D eigenvalue weighted by Gasteiger charge is -1.94. The Hall–Kier alpha value is 0.660. The molecule has 0 rings (SSSR count). The predicted molar refractivity (Wildman–Crippen MR) is 43.0 cm³/mol. The Morgan fingerprint density at radius 3 is 2.38 bits per heavy atom. The molecule has 0 aromatic rings. The Morgan fingerprint density at radius 2 is 2.25 bits per heavy atom. The number of hydrogen-bond donors (Lipinski definition) is 0. The molecule has 8 heavy (non-hydrogen) atoms. The molecule has 1 atom stereocenters. The van der Waals surface area contributed by atoms with Crippen molar-refractivity contribution in [2.24, 2.45) is 0 Å². The van der Waals surface area contributed by atoms with Crippen molar-refractivity contribution in [3.05, 3.63) is 0 Å². The lowest BCUT2D eigenvalue weighted by molar-refractivity contribution is 0.481. The third-order valence-electron chi connectivity index (χ3n) is 0.743. The summed E-state index contributed by atoms with van der Waals surface area (Å²) in [6.07, 6.45) is 3.31. The molecule has 0 amide bonds. The first-order chi connectivity index (χ1) is 3.85. The van der Waals surface area contributed by atoms with Gasteiger partial charge in [-0.3, -0.25) is 0 Å². The first kappa shape index (κ1) is 8.66. The van der Waals surface area contributed by atoms with E-state index in [2.05, 4.69) is 13.2 Å². The van der Waals surface area contributed by atoms with Crippen molar-refractivity contribution < 1.29 is 4.18 Å². The second-order valence-electron chi connectivity index (χ2n) is 1.34. The van der Waals surface area contributed by atoms with Crippen LogP contribution in [0.15, 0.2) is 0 Å². The second kappa shape index (κ2) is 5.79. The molecule has 0 spiro atoms. The molecule has 0 fully saturated rings. The van der Waals surface area contributed by atoms with Crippen molar-refractivity contribution in [1.82, 2.24) is 0 Å². The average molecular weight is 153 g/mol. The molecule has 1 unspecified atom stereocenters. The zero-order chi connectivity index (χ0) is 6.41. The summed E-state index contributed by atoms with van der Waals surface area (Å²) < 4.78 is 5.13. The first-order valence-electron chi connectivity index (χ1n) is 2.65. The fourth-order valence-electron chi connectivity index (χ4n) is 0.401. The van der Waals surface area contributed by atoms with Gasteiger partial charge in [0.05, 0.1) is 7.11 Å². The van der Waals surface area contributed by atoms with Crippen molar-refractivity contribution >= 4 is 21.0 Å². The van der Waals surface area contributed by atoms with E-state index in [1.54, 1.807) is 17.9 Å². The fraction of sp³-hybridized carbons (Fsp3) is 1.00. The maximum Gasteiger partial charge on any atom is 0.216 e. The summed E-state index contributed by atoms with van der Waals surface area (Å²) in [4.78, 5) is 0. The second-order valence-corrected chi connectivity index (χ2v) is 5.14. The molecule has 0 aromatic heterocycles. The molecule has 0 aliphatic carbocycles. The highest BCUT2D eigenvalue weighted by Gasteiger charge is 2.14. The van der Waals surface area contributed by atoms with Crippen LogP contribution < -0.4 is 0 Å². The van der Waals surface area contributed by atoms with Gasteiger partial charge in [-0.1, -0.05) is 6.92 Å². The van der Waals surface area contributed by atoms with Crippen LogP contribution in [-0.2, 0) is 14.4 Å². The van der Waals surface area contributed by atoms with Gasteiger partial charge in [-0.15, -0.1) is 0 Å². The molecular weight excluding hydrogens is 140 g/mol. The van der Waals surface area contributed by atoms with E-state index in [1.807, 2.05) is 0 Å². The minimum Gasteiger partial charge on any atom is -0.163 e. The Balaban J connectivity index is 3.07. The summed E-state index contributed by atoms with van der Waals surface area (Å²) in [6, 6.07) is 0.